The molecule has 4 aromatic carbocycles. The first-order valence-corrected chi connectivity index (χ1v) is 39.6. The second kappa shape index (κ2) is 31.3. The monoisotopic (exact) mass is 1360 g/mol. The molecule has 20 heteroatoms. The summed E-state index contributed by atoms with van der Waals surface area (Å²) in [6.07, 6.45) is 19.2. The van der Waals surface area contributed by atoms with Crippen molar-refractivity contribution in [2.24, 2.45) is 11.8 Å². The molecule has 512 valence electrons. The summed E-state index contributed by atoms with van der Waals surface area (Å²) in [5.41, 5.74) is 12.6. The van der Waals surface area contributed by atoms with E-state index in [0.717, 1.165) is 93.7 Å². The van der Waals surface area contributed by atoms with E-state index in [1.165, 1.54) is 28.0 Å². The number of ketones is 4. The lowest BCUT2D eigenvalue weighted by Crippen LogP contribution is -2.37. The minimum Gasteiger partial charge on any atom is -0.379 e. The molecule has 94 heavy (non-hydrogen) atoms. The molecular weight excluding hydrogens is 1270 g/mol. The van der Waals surface area contributed by atoms with Crippen LogP contribution in [-0.2, 0) is 39.3 Å². The molecule has 0 unspecified atom stereocenters. The Morgan fingerprint density at radius 1 is 0.447 bits per heavy atom. The number of para-hydroxylation sites is 4. The Kier molecular flexibility index (Phi) is 25.8. The van der Waals surface area contributed by atoms with Gasteiger partial charge in [0.2, 0.25) is 0 Å². The predicted octanol–water partition coefficient (Wildman–Crippen LogP) is 15.9. The summed E-state index contributed by atoms with van der Waals surface area (Å²) in [5, 5.41) is 18.5. The summed E-state index contributed by atoms with van der Waals surface area (Å²) in [4.78, 5) is 50.5. The van der Waals surface area contributed by atoms with Gasteiger partial charge in [-0.2, -0.15) is 0 Å². The van der Waals surface area contributed by atoms with Crippen LogP contribution < -0.4 is 21.3 Å². The number of hydrogen-bond acceptors (Lipinski definition) is 16. The van der Waals surface area contributed by atoms with Gasteiger partial charge in [-0.25, -0.2) is 33.7 Å². The van der Waals surface area contributed by atoms with Crippen molar-refractivity contribution in [2.45, 2.75) is 182 Å². The van der Waals surface area contributed by atoms with Crippen LogP contribution in [0.4, 0.5) is 22.7 Å². The van der Waals surface area contributed by atoms with Gasteiger partial charge in [-0.1, -0.05) is 113 Å². The van der Waals surface area contributed by atoms with Crippen molar-refractivity contribution in [3.05, 3.63) is 175 Å². The molecule has 0 aliphatic carbocycles. The highest BCUT2D eigenvalue weighted by atomic mass is 32.2. The number of Topliss-reactive ketones (excluding diaryl/α,β-unsaturated/α-hetero) is 4. The van der Waals surface area contributed by atoms with Gasteiger partial charge in [0.25, 0.3) is 0 Å². The van der Waals surface area contributed by atoms with Gasteiger partial charge in [0.05, 0.1) is 22.5 Å². The molecule has 0 spiro atoms. The van der Waals surface area contributed by atoms with Gasteiger partial charge < -0.3 is 21.3 Å². The molecule has 4 N–H and O–H groups in total. The van der Waals surface area contributed by atoms with Gasteiger partial charge in [-0.3, -0.25) is 19.2 Å². The Morgan fingerprint density at radius 3 is 1.07 bits per heavy atom. The normalized spacial score (nSPS) is 18.9. The van der Waals surface area contributed by atoms with Gasteiger partial charge >= 0.3 is 0 Å². The fraction of sp³-hybridized carbons (Fsp3) is 0.459. The zero-order valence-corrected chi connectivity index (χ0v) is 61.5. The van der Waals surface area contributed by atoms with E-state index in [2.05, 4.69) is 115 Å². The first-order valence-electron chi connectivity index (χ1n) is 31.8. The van der Waals surface area contributed by atoms with E-state index in [4.69, 9.17) is 0 Å². The number of sulfone groups is 4. The second-order valence-corrected chi connectivity index (χ2v) is 36.1. The van der Waals surface area contributed by atoms with Gasteiger partial charge in [-0.15, -0.1) is 0 Å². The van der Waals surface area contributed by atoms with Crippen LogP contribution in [0.5, 0.6) is 0 Å². The van der Waals surface area contributed by atoms with Crippen molar-refractivity contribution in [3.8, 4) is 0 Å². The molecule has 0 amide bonds. The molecule has 0 radical (unpaired) electrons. The average Bonchev–Trinajstić information content (AvgIpc) is 0.804. The van der Waals surface area contributed by atoms with Crippen LogP contribution in [0.15, 0.2) is 131 Å². The van der Waals surface area contributed by atoms with Crippen molar-refractivity contribution in [3.63, 3.8) is 0 Å². The smallest absolute Gasteiger partial charge is 0.168 e. The van der Waals surface area contributed by atoms with Crippen LogP contribution >= 0.6 is 0 Å². The largest absolute Gasteiger partial charge is 0.379 e. The molecule has 0 fully saturated rings. The van der Waals surface area contributed by atoms with Crippen molar-refractivity contribution in [2.75, 3.05) is 46.3 Å². The Labute approximate surface area is 561 Å². The maximum absolute atomic E-state index is 12.7. The van der Waals surface area contributed by atoms with E-state index in [0.29, 0.717) is 59.8 Å². The number of benzene rings is 4. The fourth-order valence-corrected chi connectivity index (χ4v) is 14.4. The van der Waals surface area contributed by atoms with Crippen LogP contribution in [0.1, 0.15) is 224 Å². The maximum Gasteiger partial charge on any atom is 0.168 e. The van der Waals surface area contributed by atoms with E-state index < -0.39 is 39.3 Å². The Balaban J connectivity index is 0.000000227. The van der Waals surface area contributed by atoms with E-state index >= 15 is 0 Å². The fourth-order valence-electron chi connectivity index (χ4n) is 12.4. The number of rotatable bonds is 20. The molecular formula is C74H100N4O12S4. The number of carbonyl (C=O) groups excluding carboxylic acids is 4. The SMILES string of the molecule is CC1=CC(C)(C)Nc2c(C(=O)CC/C=C/S(C)(=O)=O)cccc21.CC1=CC(C)(C)Nc2c(C(=O)C[C@@H](C)/C=C/S(C)(=O)=O)cccc21.C[C@@H]1CC(C)(C)Nc2c(C(=O)CC/C=C/S(C)(=O)=O)cccc21.C[C@@H]1CC(C)(C)Nc2c(C(=O)C[C@@H](C)/C=C/S(C)(=O)=O)cccc21. The lowest BCUT2D eigenvalue weighted by atomic mass is 9.80. The molecule has 4 aliphatic heterocycles. The second-order valence-electron chi connectivity index (χ2n) is 28.4. The standard InChI is InChI=1S/C19H27NO3S.C19H25NO3S.C18H25NO3S.C18H23NO3S/c2*1-13(9-10-24(5,22)23)11-17(21)16-8-6-7-15-14(2)12-19(3,4)20-18(15)16;2*1-13-12-18(2,3)19-17-14(13)8-7-9-15(17)16(20)10-5-6-11-23(4,21)22/h6-10,13-14,20H,11-12H2,1-5H3;6-10,12-13,20H,11H2,1-5H3;6-9,11,13,19H,5,10,12H2,1-4H3;6-9,11-12,19H,5,10H2,1-4H3/b2*10-9+;2*11-6+/t13-,14+;2*13-;/m001./s1. The van der Waals surface area contributed by atoms with E-state index in [-0.39, 0.29) is 70.0 Å². The van der Waals surface area contributed by atoms with Crippen LogP contribution in [0, 0.1) is 11.8 Å². The summed E-state index contributed by atoms with van der Waals surface area (Å²) in [6.45, 7) is 29.0. The van der Waals surface area contributed by atoms with Crippen LogP contribution in [0.2, 0.25) is 0 Å². The average molecular weight is 1370 g/mol. The molecule has 0 bridgehead atoms. The molecule has 4 aromatic rings. The number of fused-ring (bicyclic) bond motifs is 4. The Bertz CT molecular complexity index is 4170. The summed E-state index contributed by atoms with van der Waals surface area (Å²) in [7, 11) is -12.6. The van der Waals surface area contributed by atoms with Gasteiger partial charge in [0.15, 0.2) is 62.5 Å². The van der Waals surface area contributed by atoms with Gasteiger partial charge in [-0.05, 0) is 165 Å². The number of anilines is 4. The lowest BCUT2D eigenvalue weighted by Gasteiger charge is -2.38. The molecule has 4 heterocycles. The summed E-state index contributed by atoms with van der Waals surface area (Å²) >= 11 is 0. The molecule has 16 nitrogen and oxygen atoms in total. The Hall–Kier alpha value is -7.00. The van der Waals surface area contributed by atoms with Crippen LogP contribution in [0.25, 0.3) is 11.1 Å². The highest BCUT2D eigenvalue weighted by Crippen LogP contribution is 2.43. The third-order valence-corrected chi connectivity index (χ3v) is 18.8. The number of hydrogen-bond donors (Lipinski definition) is 4. The predicted molar refractivity (Wildman–Crippen MR) is 389 cm³/mol. The van der Waals surface area contributed by atoms with E-state index in [1.54, 1.807) is 18.2 Å². The number of carbonyl (C=O) groups is 4. The van der Waals surface area contributed by atoms with Crippen LogP contribution in [0.3, 0.4) is 0 Å². The molecule has 4 atom stereocenters. The van der Waals surface area contributed by atoms with Crippen molar-refractivity contribution < 1.29 is 52.8 Å². The van der Waals surface area contributed by atoms with E-state index in [1.807, 2.05) is 88.4 Å². The van der Waals surface area contributed by atoms with E-state index in [9.17, 15) is 52.8 Å². The molecule has 0 aromatic heterocycles. The first kappa shape index (κ1) is 77.7. The Morgan fingerprint density at radius 2 is 0.745 bits per heavy atom. The van der Waals surface area contributed by atoms with Gasteiger partial charge in [0.1, 0.15) is 0 Å². The quantitative estimate of drug-likeness (QED) is 0.0600. The third kappa shape index (κ3) is 24.3. The number of nitrogens with one attached hydrogen (secondary N) is 4. The molecule has 0 saturated carbocycles. The summed E-state index contributed by atoms with van der Waals surface area (Å²) in [5.74, 6) is 0.625. The van der Waals surface area contributed by atoms with Gasteiger partial charge in [0, 0.05) is 128 Å². The zero-order chi connectivity index (χ0) is 70.7. The third-order valence-electron chi connectivity index (χ3n) is 16.1. The number of allylic oxidation sites excluding steroid dienone is 6. The lowest BCUT2D eigenvalue weighted by molar-refractivity contribution is 0.0964. The first-order chi connectivity index (χ1) is 43.1. The van der Waals surface area contributed by atoms with Crippen LogP contribution in [-0.4, -0.2) is 104 Å². The highest BCUT2D eigenvalue weighted by Gasteiger charge is 2.34. The molecule has 4 aliphatic rings. The molecule has 0 saturated heterocycles. The topological polar surface area (TPSA) is 253 Å². The molecule has 8 rings (SSSR count). The minimum absolute atomic E-state index is 0.00972. The van der Waals surface area contributed by atoms with Crippen molar-refractivity contribution in [1.29, 1.82) is 0 Å². The highest BCUT2D eigenvalue weighted by molar-refractivity contribution is 7.94. The zero-order valence-electron chi connectivity index (χ0n) is 58.2. The summed E-state index contributed by atoms with van der Waals surface area (Å²) < 4.78 is 89.1. The summed E-state index contributed by atoms with van der Waals surface area (Å²) in [6, 6.07) is 23.1. The van der Waals surface area contributed by atoms with Crippen molar-refractivity contribution in [1.82, 2.24) is 0 Å². The minimum atomic E-state index is -3.17. The maximum atomic E-state index is 12.7. The van der Waals surface area contributed by atoms with Crippen molar-refractivity contribution >= 4 is 96.4 Å².